The first-order chi connectivity index (χ1) is 28.2. The second-order valence-electron chi connectivity index (χ2n) is 15.0. The Balaban J connectivity index is 1.05. The molecule has 1 aliphatic heterocycles. The van der Waals surface area contributed by atoms with E-state index in [4.69, 9.17) is 14.7 Å². The molecule has 0 radical (unpaired) electrons. The molecule has 0 unspecified atom stereocenters. The summed E-state index contributed by atoms with van der Waals surface area (Å²) in [4.78, 5) is 10.6. The highest BCUT2D eigenvalue weighted by molar-refractivity contribution is 6.15. The van der Waals surface area contributed by atoms with E-state index in [1.165, 1.54) is 43.4 Å². The predicted octanol–water partition coefficient (Wildman–Crippen LogP) is 13.6. The van der Waals surface area contributed by atoms with E-state index < -0.39 is 0 Å². The van der Waals surface area contributed by atoms with Crippen molar-refractivity contribution in [2.75, 3.05) is 0 Å². The van der Waals surface area contributed by atoms with Crippen molar-refractivity contribution in [1.29, 1.82) is 0 Å². The largest absolute Gasteiger partial charge is 0.456 e. The molecule has 0 N–H and O–H groups in total. The number of ether oxygens (including phenoxy) is 1. The third kappa shape index (κ3) is 4.39. The fourth-order valence-electron chi connectivity index (χ4n) is 9.23. The van der Waals surface area contributed by atoms with E-state index in [-0.39, 0.29) is 0 Å². The van der Waals surface area contributed by atoms with Crippen LogP contribution >= 0.6 is 0 Å². The molecule has 4 heterocycles. The lowest BCUT2D eigenvalue weighted by atomic mass is 10.0. The summed E-state index contributed by atoms with van der Waals surface area (Å²) in [6.07, 6.45) is 0. The first-order valence-electron chi connectivity index (χ1n) is 19.3. The van der Waals surface area contributed by atoms with Crippen molar-refractivity contribution >= 4 is 76.1 Å². The van der Waals surface area contributed by atoms with Crippen molar-refractivity contribution in [3.63, 3.8) is 0 Å². The Hall–Kier alpha value is -7.76. The van der Waals surface area contributed by atoms with Crippen molar-refractivity contribution in [1.82, 2.24) is 19.1 Å². The van der Waals surface area contributed by atoms with Crippen LogP contribution in [0.5, 0.6) is 11.5 Å². The average molecular weight is 727 g/mol. The first kappa shape index (κ1) is 30.6. The molecule has 57 heavy (non-hydrogen) atoms. The van der Waals surface area contributed by atoms with Gasteiger partial charge in [0, 0.05) is 32.8 Å². The number of rotatable bonds is 3. The molecule has 12 aromatic rings. The highest BCUT2D eigenvalue weighted by atomic mass is 16.5. The quantitative estimate of drug-likeness (QED) is 0.182. The molecular formula is C52H30N4O. The molecule has 1 aliphatic rings. The van der Waals surface area contributed by atoms with Crippen molar-refractivity contribution in [2.45, 2.75) is 0 Å². The van der Waals surface area contributed by atoms with Crippen LogP contribution in [0.25, 0.3) is 110 Å². The molecule has 5 nitrogen and oxygen atoms in total. The summed E-state index contributed by atoms with van der Waals surface area (Å²) in [5.41, 5.74) is 10.6. The van der Waals surface area contributed by atoms with Gasteiger partial charge in [-0.05, 0) is 105 Å². The molecule has 0 saturated heterocycles. The molecule has 0 bridgehead atoms. The minimum absolute atomic E-state index is 0.635. The summed E-state index contributed by atoms with van der Waals surface area (Å²) in [5.74, 6) is 2.22. The number of hydrogen-bond donors (Lipinski definition) is 0. The SMILES string of the molecule is c1ccc2c(c1)Oc1cccc3nc(-n4c5ccccc5c5ccc(-c6ccc7c(c6)c6cc8ccccc8cc6n7-c6ccc7ccccc7c6)cc54)nc-2c13. The fraction of sp³-hybridized carbons (Fsp3) is 0. The van der Waals surface area contributed by atoms with E-state index in [0.717, 1.165) is 72.3 Å². The average Bonchev–Trinajstić information content (AvgIpc) is 3.77. The van der Waals surface area contributed by atoms with Crippen LogP contribution in [0.4, 0.5) is 0 Å². The maximum atomic E-state index is 6.32. The molecule has 0 spiro atoms. The molecule has 0 saturated carbocycles. The number of benzene rings is 9. The topological polar surface area (TPSA) is 44.9 Å². The number of para-hydroxylation sites is 2. The van der Waals surface area contributed by atoms with E-state index in [9.17, 15) is 0 Å². The lowest BCUT2D eigenvalue weighted by Gasteiger charge is -2.21. The van der Waals surface area contributed by atoms with Gasteiger partial charge in [-0.3, -0.25) is 4.57 Å². The molecule has 0 amide bonds. The van der Waals surface area contributed by atoms with Gasteiger partial charge in [0.2, 0.25) is 5.95 Å². The summed E-state index contributed by atoms with van der Waals surface area (Å²) in [6.45, 7) is 0. The van der Waals surface area contributed by atoms with E-state index >= 15 is 0 Å². The zero-order valence-corrected chi connectivity index (χ0v) is 30.5. The first-order valence-corrected chi connectivity index (χ1v) is 19.3. The third-order valence-corrected chi connectivity index (χ3v) is 11.9. The number of nitrogens with zero attached hydrogens (tertiary/aromatic N) is 4. The predicted molar refractivity (Wildman–Crippen MR) is 234 cm³/mol. The van der Waals surface area contributed by atoms with Crippen LogP contribution in [0.15, 0.2) is 182 Å². The minimum Gasteiger partial charge on any atom is -0.456 e. The maximum Gasteiger partial charge on any atom is 0.235 e. The van der Waals surface area contributed by atoms with Gasteiger partial charge in [-0.25, -0.2) is 9.97 Å². The summed E-state index contributed by atoms with van der Waals surface area (Å²) >= 11 is 0. The zero-order chi connectivity index (χ0) is 37.2. The minimum atomic E-state index is 0.635. The highest BCUT2D eigenvalue weighted by Gasteiger charge is 2.25. The van der Waals surface area contributed by atoms with Crippen LogP contribution in [0.1, 0.15) is 0 Å². The van der Waals surface area contributed by atoms with Crippen LogP contribution in [0.3, 0.4) is 0 Å². The van der Waals surface area contributed by atoms with Crippen LogP contribution in [0, 0.1) is 0 Å². The van der Waals surface area contributed by atoms with Gasteiger partial charge in [-0.2, -0.15) is 0 Å². The molecule has 0 aliphatic carbocycles. The fourth-order valence-corrected chi connectivity index (χ4v) is 9.23. The Kier molecular flexibility index (Phi) is 6.10. The second-order valence-corrected chi connectivity index (χ2v) is 15.0. The molecule has 264 valence electrons. The normalized spacial score (nSPS) is 12.4. The van der Waals surface area contributed by atoms with E-state index in [2.05, 4.69) is 161 Å². The van der Waals surface area contributed by atoms with Gasteiger partial charge in [0.25, 0.3) is 0 Å². The van der Waals surface area contributed by atoms with Gasteiger partial charge >= 0.3 is 0 Å². The van der Waals surface area contributed by atoms with Crippen LogP contribution in [-0.2, 0) is 0 Å². The van der Waals surface area contributed by atoms with Crippen LogP contribution in [-0.4, -0.2) is 19.1 Å². The Morgan fingerprint density at radius 3 is 1.96 bits per heavy atom. The second kappa shape index (κ2) is 11.4. The van der Waals surface area contributed by atoms with Crippen LogP contribution < -0.4 is 4.74 Å². The summed E-state index contributed by atoms with van der Waals surface area (Å²) in [6, 6.07) is 65.2. The highest BCUT2D eigenvalue weighted by Crippen LogP contribution is 2.46. The lowest BCUT2D eigenvalue weighted by molar-refractivity contribution is 0.486. The molecule has 3 aromatic heterocycles. The monoisotopic (exact) mass is 726 g/mol. The lowest BCUT2D eigenvalue weighted by Crippen LogP contribution is -2.06. The molecule has 0 fully saturated rings. The summed E-state index contributed by atoms with van der Waals surface area (Å²) < 4.78 is 11.0. The van der Waals surface area contributed by atoms with Gasteiger partial charge in [-0.1, -0.05) is 109 Å². The third-order valence-electron chi connectivity index (χ3n) is 11.9. The number of hydrogen-bond acceptors (Lipinski definition) is 3. The Labute approximate surface area is 326 Å². The van der Waals surface area contributed by atoms with Gasteiger partial charge in [0.15, 0.2) is 0 Å². The van der Waals surface area contributed by atoms with Crippen molar-refractivity contribution in [3.8, 4) is 45.5 Å². The Morgan fingerprint density at radius 1 is 0.386 bits per heavy atom. The Morgan fingerprint density at radius 2 is 1.05 bits per heavy atom. The summed E-state index contributed by atoms with van der Waals surface area (Å²) in [5, 5.41) is 10.6. The Bertz CT molecular complexity index is 3690. The van der Waals surface area contributed by atoms with Gasteiger partial charge in [-0.15, -0.1) is 0 Å². The smallest absolute Gasteiger partial charge is 0.235 e. The molecular weight excluding hydrogens is 697 g/mol. The van der Waals surface area contributed by atoms with E-state index in [1.807, 2.05) is 30.3 Å². The molecule has 0 atom stereocenters. The van der Waals surface area contributed by atoms with Gasteiger partial charge < -0.3 is 9.30 Å². The van der Waals surface area contributed by atoms with E-state index in [1.54, 1.807) is 0 Å². The van der Waals surface area contributed by atoms with E-state index in [0.29, 0.717) is 5.95 Å². The van der Waals surface area contributed by atoms with Gasteiger partial charge in [0.05, 0.1) is 38.7 Å². The molecule has 9 aromatic carbocycles. The van der Waals surface area contributed by atoms with Gasteiger partial charge in [0.1, 0.15) is 11.5 Å². The standard InChI is InChI=1S/C52H30N4O/c1-2-11-32-26-37(23-20-31(32)10-1)55-45-25-22-35(28-41(45)42-27-33-12-3-4-13-34(33)29-47(42)55)36-21-24-39-38-14-5-7-17-44(38)56(46(39)30-36)52-53-43-16-9-19-49-50(43)51(54-52)40-15-6-8-18-48(40)57-49/h1-30H. The molecule has 13 rings (SSSR count). The number of fused-ring (bicyclic) bond motifs is 10. The van der Waals surface area contributed by atoms with Crippen molar-refractivity contribution in [2.24, 2.45) is 0 Å². The van der Waals surface area contributed by atoms with Crippen LogP contribution in [0.2, 0.25) is 0 Å². The van der Waals surface area contributed by atoms with Crippen molar-refractivity contribution in [3.05, 3.63) is 182 Å². The molecule has 5 heteroatoms. The summed E-state index contributed by atoms with van der Waals surface area (Å²) in [7, 11) is 0. The van der Waals surface area contributed by atoms with Crippen molar-refractivity contribution < 1.29 is 4.74 Å². The number of aromatic nitrogens is 4. The maximum absolute atomic E-state index is 6.32. The zero-order valence-electron chi connectivity index (χ0n) is 30.5.